The van der Waals surface area contributed by atoms with Gasteiger partial charge in [0.25, 0.3) is 0 Å². The van der Waals surface area contributed by atoms with Crippen LogP contribution in [0.15, 0.2) is 23.2 Å². The molecule has 0 saturated heterocycles. The van der Waals surface area contributed by atoms with Gasteiger partial charge in [-0.2, -0.15) is 0 Å². The second-order valence-electron chi connectivity index (χ2n) is 2.96. The van der Waals surface area contributed by atoms with Crippen LogP contribution in [-0.4, -0.2) is 16.1 Å². The molecule has 70 valence electrons. The number of rotatable bonds is 3. The molecule has 1 aromatic heterocycles. The number of nitrogens with one attached hydrogen (secondary N) is 1. The van der Waals surface area contributed by atoms with Gasteiger partial charge in [-0.3, -0.25) is 10.4 Å². The number of hydrogen-bond donors (Lipinski definition) is 2. The lowest BCUT2D eigenvalue weighted by atomic mass is 10.3. The Morgan fingerprint density at radius 3 is 2.62 bits per heavy atom. The number of nitrogens with two attached hydrogens (primary N) is 1. The van der Waals surface area contributed by atoms with E-state index in [4.69, 9.17) is 11.1 Å². The lowest BCUT2D eigenvalue weighted by Crippen LogP contribution is -2.12. The van der Waals surface area contributed by atoms with Crippen LogP contribution in [0, 0.1) is 5.41 Å². The van der Waals surface area contributed by atoms with Crippen LogP contribution < -0.4 is 5.73 Å². The number of amidine groups is 1. The SMILES string of the molecule is CC(C)Sc1ccc(C(=N)N)nc1. The zero-order chi connectivity index (χ0) is 9.84. The van der Waals surface area contributed by atoms with Crippen LogP contribution in [0.25, 0.3) is 0 Å². The first-order valence-corrected chi connectivity index (χ1v) is 4.94. The summed E-state index contributed by atoms with van der Waals surface area (Å²) < 4.78 is 0. The minimum atomic E-state index is 0.0149. The van der Waals surface area contributed by atoms with E-state index in [1.54, 1.807) is 24.0 Å². The number of thioether (sulfide) groups is 1. The summed E-state index contributed by atoms with van der Waals surface area (Å²) in [5, 5.41) is 7.70. The fourth-order valence-electron chi connectivity index (χ4n) is 0.881. The quantitative estimate of drug-likeness (QED) is 0.439. The molecule has 13 heavy (non-hydrogen) atoms. The Hall–Kier alpha value is -1.03. The number of hydrogen-bond acceptors (Lipinski definition) is 3. The lowest BCUT2D eigenvalue weighted by molar-refractivity contribution is 1.10. The fraction of sp³-hybridized carbons (Fsp3) is 0.333. The molecule has 0 aromatic carbocycles. The highest BCUT2D eigenvalue weighted by Gasteiger charge is 2.00. The second kappa shape index (κ2) is 4.28. The van der Waals surface area contributed by atoms with Gasteiger partial charge in [0.1, 0.15) is 11.5 Å². The van der Waals surface area contributed by atoms with Crippen molar-refractivity contribution >= 4 is 17.6 Å². The summed E-state index contributed by atoms with van der Waals surface area (Å²) in [6.07, 6.45) is 1.75. The number of nitrogen functional groups attached to an aromatic ring is 1. The van der Waals surface area contributed by atoms with Gasteiger partial charge < -0.3 is 5.73 Å². The number of pyridine rings is 1. The van der Waals surface area contributed by atoms with Gasteiger partial charge in [0.2, 0.25) is 0 Å². The Morgan fingerprint density at radius 2 is 2.23 bits per heavy atom. The van der Waals surface area contributed by atoms with Gasteiger partial charge >= 0.3 is 0 Å². The van der Waals surface area contributed by atoms with E-state index >= 15 is 0 Å². The molecule has 1 heterocycles. The van der Waals surface area contributed by atoms with Crippen LogP contribution in [0.1, 0.15) is 19.5 Å². The van der Waals surface area contributed by atoms with Crippen LogP contribution in [0.2, 0.25) is 0 Å². The molecule has 0 radical (unpaired) electrons. The topological polar surface area (TPSA) is 62.8 Å². The molecule has 0 bridgehead atoms. The molecule has 0 fully saturated rings. The molecule has 3 nitrogen and oxygen atoms in total. The van der Waals surface area contributed by atoms with Crippen molar-refractivity contribution in [1.82, 2.24) is 4.98 Å². The van der Waals surface area contributed by atoms with E-state index in [1.807, 2.05) is 6.07 Å². The van der Waals surface area contributed by atoms with Gasteiger partial charge in [-0.25, -0.2) is 0 Å². The highest BCUT2D eigenvalue weighted by Crippen LogP contribution is 2.21. The van der Waals surface area contributed by atoms with Crippen LogP contribution in [-0.2, 0) is 0 Å². The van der Waals surface area contributed by atoms with E-state index in [-0.39, 0.29) is 5.84 Å². The minimum Gasteiger partial charge on any atom is -0.382 e. The third-order valence-corrected chi connectivity index (χ3v) is 2.37. The Balaban J connectivity index is 2.75. The first-order chi connectivity index (χ1) is 6.09. The van der Waals surface area contributed by atoms with E-state index < -0.39 is 0 Å². The maximum atomic E-state index is 7.16. The molecular weight excluding hydrogens is 182 g/mol. The van der Waals surface area contributed by atoms with Gasteiger partial charge in [-0.1, -0.05) is 13.8 Å². The maximum Gasteiger partial charge on any atom is 0.141 e. The Morgan fingerprint density at radius 1 is 1.54 bits per heavy atom. The molecule has 1 rings (SSSR count). The third kappa shape index (κ3) is 3.06. The predicted molar refractivity (Wildman–Crippen MR) is 56.2 cm³/mol. The Bertz CT molecular complexity index is 292. The largest absolute Gasteiger partial charge is 0.382 e. The maximum absolute atomic E-state index is 7.16. The summed E-state index contributed by atoms with van der Waals surface area (Å²) >= 11 is 1.75. The van der Waals surface area contributed by atoms with Gasteiger partial charge in [0.15, 0.2) is 0 Å². The zero-order valence-electron chi connectivity index (χ0n) is 7.74. The van der Waals surface area contributed by atoms with Crippen molar-refractivity contribution < 1.29 is 0 Å². The number of nitrogens with zero attached hydrogens (tertiary/aromatic N) is 1. The molecule has 0 unspecified atom stereocenters. The normalized spacial score (nSPS) is 10.4. The van der Waals surface area contributed by atoms with Gasteiger partial charge in [-0.15, -0.1) is 11.8 Å². The summed E-state index contributed by atoms with van der Waals surface area (Å²) in [4.78, 5) is 5.17. The molecule has 3 N–H and O–H groups in total. The van der Waals surface area contributed by atoms with Crippen molar-refractivity contribution in [3.05, 3.63) is 24.0 Å². The highest BCUT2D eigenvalue weighted by molar-refractivity contribution is 7.99. The minimum absolute atomic E-state index is 0.0149. The summed E-state index contributed by atoms with van der Waals surface area (Å²) in [6.45, 7) is 4.26. The molecule has 4 heteroatoms. The molecule has 0 aliphatic heterocycles. The van der Waals surface area contributed by atoms with E-state index in [2.05, 4.69) is 18.8 Å². The molecule has 0 aliphatic rings. The van der Waals surface area contributed by atoms with Crippen molar-refractivity contribution in [1.29, 1.82) is 5.41 Å². The predicted octanol–water partition coefficient (Wildman–Crippen LogP) is 1.87. The number of aromatic nitrogens is 1. The first-order valence-electron chi connectivity index (χ1n) is 4.06. The summed E-state index contributed by atoms with van der Waals surface area (Å²) in [5.41, 5.74) is 5.81. The molecule has 1 aromatic rings. The summed E-state index contributed by atoms with van der Waals surface area (Å²) in [6, 6.07) is 3.71. The first kappa shape index (κ1) is 10.1. The van der Waals surface area contributed by atoms with Crippen molar-refractivity contribution in [2.75, 3.05) is 0 Å². The van der Waals surface area contributed by atoms with E-state index in [1.165, 1.54) is 0 Å². The molecule has 0 atom stereocenters. The van der Waals surface area contributed by atoms with E-state index in [9.17, 15) is 0 Å². The van der Waals surface area contributed by atoms with Crippen molar-refractivity contribution in [2.45, 2.75) is 24.0 Å². The average molecular weight is 195 g/mol. The molecular formula is C9H13N3S. The molecule has 0 amide bonds. The summed E-state index contributed by atoms with van der Waals surface area (Å²) in [5.74, 6) is 0.0149. The van der Waals surface area contributed by atoms with Crippen molar-refractivity contribution in [2.24, 2.45) is 5.73 Å². The van der Waals surface area contributed by atoms with Crippen LogP contribution >= 0.6 is 11.8 Å². The zero-order valence-corrected chi connectivity index (χ0v) is 8.56. The smallest absolute Gasteiger partial charge is 0.141 e. The molecule has 0 aliphatic carbocycles. The van der Waals surface area contributed by atoms with Crippen LogP contribution in [0.3, 0.4) is 0 Å². The standard InChI is InChI=1S/C9H13N3S/c1-6(2)13-7-3-4-8(9(10)11)12-5-7/h3-6H,1-2H3,(H3,10,11). The van der Waals surface area contributed by atoms with E-state index in [0.29, 0.717) is 10.9 Å². The monoisotopic (exact) mass is 195 g/mol. The average Bonchev–Trinajstić information content (AvgIpc) is 2.04. The third-order valence-electron chi connectivity index (χ3n) is 1.38. The van der Waals surface area contributed by atoms with Gasteiger partial charge in [0, 0.05) is 16.3 Å². The van der Waals surface area contributed by atoms with Gasteiger partial charge in [0.05, 0.1) is 0 Å². The molecule has 0 saturated carbocycles. The van der Waals surface area contributed by atoms with E-state index in [0.717, 1.165) is 4.90 Å². The van der Waals surface area contributed by atoms with Crippen LogP contribution in [0.5, 0.6) is 0 Å². The lowest BCUT2D eigenvalue weighted by Gasteiger charge is -2.04. The summed E-state index contributed by atoms with van der Waals surface area (Å²) in [7, 11) is 0. The second-order valence-corrected chi connectivity index (χ2v) is 4.61. The van der Waals surface area contributed by atoms with Crippen LogP contribution in [0.4, 0.5) is 0 Å². The van der Waals surface area contributed by atoms with Crippen molar-refractivity contribution in [3.8, 4) is 0 Å². The Kier molecular flexibility index (Phi) is 3.31. The van der Waals surface area contributed by atoms with Gasteiger partial charge in [-0.05, 0) is 12.1 Å². The Labute approximate surface area is 82.3 Å². The fourth-order valence-corrected chi connectivity index (χ4v) is 1.69. The highest BCUT2D eigenvalue weighted by atomic mass is 32.2. The molecule has 0 spiro atoms. The van der Waals surface area contributed by atoms with Crippen molar-refractivity contribution in [3.63, 3.8) is 0 Å².